The molecule has 6 aliphatic rings. The third kappa shape index (κ3) is 24.0. The van der Waals surface area contributed by atoms with E-state index in [1.54, 1.807) is 158 Å². The molecule has 2 heterocycles. The molecule has 0 saturated carbocycles. The maximum Gasteiger partial charge on any atom is 1.00 e. The predicted molar refractivity (Wildman–Crippen MR) is 556 cm³/mol. The summed E-state index contributed by atoms with van der Waals surface area (Å²) in [5.41, 5.74) is 46.6. The summed E-state index contributed by atoms with van der Waals surface area (Å²) in [5, 5.41) is 46.1. The summed E-state index contributed by atoms with van der Waals surface area (Å²) >= 11 is 33.6. The number of carboxylic acid groups (broad SMARTS) is 1. The molecule has 0 fully saturated rings. The summed E-state index contributed by atoms with van der Waals surface area (Å²) in [7, 11) is -4.67. The Balaban J connectivity index is 0.000000172. The molecule has 0 aliphatic heterocycles. The Morgan fingerprint density at radius 2 is 0.748 bits per heavy atom. The molecule has 9 N–H and O–H groups in total. The van der Waals surface area contributed by atoms with Crippen LogP contribution < -0.4 is 75.9 Å². The average Bonchev–Trinajstić information content (AvgIpc) is 1.59. The molecular weight excluding hydrogens is 2650 g/mol. The van der Waals surface area contributed by atoms with Crippen molar-refractivity contribution in [1.82, 2.24) is 10.3 Å². The number of carbonyl (C=O) groups excluding carboxylic acids is 10. The minimum atomic E-state index is -4.67. The molecule has 2 aromatic heterocycles. The van der Waals surface area contributed by atoms with Crippen molar-refractivity contribution in [3.8, 4) is 22.6 Å². The van der Waals surface area contributed by atoms with Gasteiger partial charge in [0.25, 0.3) is 0 Å². The van der Waals surface area contributed by atoms with Crippen LogP contribution in [0.15, 0.2) is 278 Å². The van der Waals surface area contributed by atoms with E-state index >= 15 is 0 Å². The second kappa shape index (κ2) is 50.1. The fourth-order valence-corrected chi connectivity index (χ4v) is 22.3. The normalized spacial score (nSPS) is 12.2. The Morgan fingerprint density at radius 3 is 1.17 bits per heavy atom. The number of ketones is 10. The van der Waals surface area contributed by atoms with Gasteiger partial charge in [0.2, 0.25) is 0 Å². The van der Waals surface area contributed by atoms with Gasteiger partial charge in [-0.05, 0) is 183 Å². The second-order valence-electron chi connectivity index (χ2n) is 28.7. The van der Waals surface area contributed by atoms with Gasteiger partial charge < -0.3 is 52.1 Å². The van der Waals surface area contributed by atoms with E-state index in [1.807, 2.05) is 48.5 Å². The Kier molecular flexibility index (Phi) is 40.1. The van der Waals surface area contributed by atoms with Crippen LogP contribution in [-0.4, -0.2) is 106 Å². The molecule has 6 aliphatic carbocycles. The molecule has 21 rings (SSSR count). The fraction of sp³-hybridized carbons (Fsp3) is 0.0109. The standard InChI is InChI=1S/C21H11BrN2O4.C15H8Br2O6S.C14H5Br2N3O2.C14H5Br2NO2.C14H7Br2NO2.C14H9NO2.Br2.N3.HNO2.2Na.H2O4S/c22-14-9-15(23-11-7-5-10(6-8-11)21(26)27)16-17-18(14)24-28-20(17)13-4-2-1-3-12(13)19(16)25;16-10-5-11(17)13-12(9(10)6-24(21)23-22-20)14(18)7-3-1-2-4-8(7)15(13)19;15-8-5-9(16)12(18-19-17)11-10(8)13(20)6-3-1-2-4-7(6)14(11)21;15-8-5-9(16)12-11-10(8)13(18)6-3-1-2-4-7(6)14(11)19-17-12;15-8-5-9(16)12(17)11-10(8)13(18)6-3-1-2-4-7(6)14(11)19;15-11-7-3-6-10-12(11)14(17)9-5-2-1-4-8(9)13(10)16;1-2;1-3-2;2-1-3;;;1-5(2,3)4/h1-9,23H,(H,26,27);1-5,20H,6H2;1-5H;1-5H;1-5H,17H2;1-7H,15H2;;;(H,2,3);;;(H2,1,2,3,4)/q;;;;;;;-1;;2*+1;/p-1. The van der Waals surface area contributed by atoms with Crippen molar-refractivity contribution < 1.29 is 162 Å². The largest absolute Gasteiger partial charge is 1.00 e. The van der Waals surface area contributed by atoms with Crippen molar-refractivity contribution in [1.29, 1.82) is 0 Å². The van der Waals surface area contributed by atoms with Gasteiger partial charge >= 0.3 is 75.5 Å². The van der Waals surface area contributed by atoms with Crippen LogP contribution in [0.2, 0.25) is 0 Å². The summed E-state index contributed by atoms with van der Waals surface area (Å²) in [5.74, 6) is -2.11. The first-order valence-corrected chi connectivity index (χ1v) is 52.2. The summed E-state index contributed by atoms with van der Waals surface area (Å²) in [6, 6.07) is 61.2. The van der Waals surface area contributed by atoms with E-state index in [9.17, 15) is 56.9 Å². The summed E-state index contributed by atoms with van der Waals surface area (Å²) in [4.78, 5) is 150. The smallest absolute Gasteiger partial charge is 0.478 e. The molecule has 0 amide bonds. The topological polar surface area (TPSA) is 614 Å². The van der Waals surface area contributed by atoms with E-state index in [-0.39, 0.29) is 167 Å². The number of benzene rings is 13. The molecule has 15 aromatic rings. The van der Waals surface area contributed by atoms with Gasteiger partial charge in [-0.2, -0.15) is 8.42 Å². The van der Waals surface area contributed by atoms with Gasteiger partial charge in [0, 0.05) is 179 Å². The van der Waals surface area contributed by atoms with Crippen molar-refractivity contribution in [3.63, 3.8) is 0 Å². The Morgan fingerprint density at radius 1 is 0.434 bits per heavy atom. The minimum absolute atomic E-state index is 0. The first-order valence-electron chi connectivity index (χ1n) is 38.7. The Hall–Kier alpha value is -10.4. The molecule has 0 spiro atoms. The number of halogens is 11. The number of nitrogens with zero attached hydrogens (tertiary/aromatic N) is 9. The van der Waals surface area contributed by atoms with Crippen molar-refractivity contribution >= 4 is 307 Å². The van der Waals surface area contributed by atoms with Crippen LogP contribution in [0.25, 0.3) is 70.9 Å². The van der Waals surface area contributed by atoms with Crippen molar-refractivity contribution in [2.24, 2.45) is 10.5 Å². The monoisotopic (exact) mass is 2680 g/mol. The Bertz CT molecular complexity index is 8130. The van der Waals surface area contributed by atoms with E-state index in [1.165, 1.54) is 17.0 Å². The van der Waals surface area contributed by atoms with E-state index in [4.69, 9.17) is 75.1 Å². The van der Waals surface area contributed by atoms with Gasteiger partial charge in [-0.1, -0.05) is 210 Å². The second-order valence-corrected chi connectivity index (χ2v) is 38.3. The third-order valence-corrected chi connectivity index (χ3v) is 27.4. The van der Waals surface area contributed by atoms with E-state index < -0.39 is 27.4 Å². The number of anilines is 4. The number of azide groups is 1. The van der Waals surface area contributed by atoms with Crippen LogP contribution >= 0.6 is 172 Å². The van der Waals surface area contributed by atoms with Crippen LogP contribution in [0.1, 0.15) is 175 Å². The molecule has 51 heteroatoms. The van der Waals surface area contributed by atoms with Crippen LogP contribution in [0.4, 0.5) is 28.4 Å². The van der Waals surface area contributed by atoms with Crippen molar-refractivity contribution in [2.75, 3.05) is 16.8 Å². The maximum atomic E-state index is 13.3. The van der Waals surface area contributed by atoms with Gasteiger partial charge in [-0.15, -0.1) is 9.67 Å². The first-order chi connectivity index (χ1) is 67.3. The van der Waals surface area contributed by atoms with Gasteiger partial charge in [0.1, 0.15) is 11.0 Å². The van der Waals surface area contributed by atoms with E-state index in [0.29, 0.717) is 165 Å². The third-order valence-electron chi connectivity index (χ3n) is 21.0. The molecule has 36 nitrogen and oxygen atoms in total. The van der Waals surface area contributed by atoms with Crippen LogP contribution in [0.5, 0.6) is 0 Å². The van der Waals surface area contributed by atoms with Crippen LogP contribution in [-0.2, 0) is 36.6 Å². The Labute approximate surface area is 941 Å². The quantitative estimate of drug-likeness (QED) is 0.00855. The summed E-state index contributed by atoms with van der Waals surface area (Å²) < 4.78 is 63.8. The number of rotatable bonds is 8. The molecule has 0 radical (unpaired) electrons. The number of carboxylic acids is 1. The zero-order valence-electron chi connectivity index (χ0n) is 71.6. The molecule has 1 atom stereocenters. The molecule has 1 unspecified atom stereocenters. The van der Waals surface area contributed by atoms with E-state index in [2.05, 4.69) is 207 Å². The molecule has 710 valence electrons. The van der Waals surface area contributed by atoms with Crippen LogP contribution in [0, 0.1) is 10.1 Å². The van der Waals surface area contributed by atoms with E-state index in [0.717, 1.165) is 30.8 Å². The number of nitrogens with two attached hydrogens (primary N) is 2. The zero-order chi connectivity index (χ0) is 103. The van der Waals surface area contributed by atoms with Crippen LogP contribution in [0.3, 0.4) is 0 Å². The minimum Gasteiger partial charge on any atom is -0.478 e. The zero-order valence-corrected chi connectivity index (χ0v) is 94.7. The molecular formula is C92H47Br11N12Na2O24S2. The molecule has 143 heavy (non-hydrogen) atoms. The molecule has 0 saturated heterocycles. The number of fused-ring (bicyclic) bond motifs is 12. The average molecular weight is 2690 g/mol. The van der Waals surface area contributed by atoms with Gasteiger partial charge in [0.05, 0.1) is 67.0 Å². The van der Waals surface area contributed by atoms with Crippen molar-refractivity contribution in [3.05, 3.63) is 418 Å². The number of nitrogen functional groups attached to an aromatic ring is 2. The summed E-state index contributed by atoms with van der Waals surface area (Å²) in [6.07, 6.45) is 0. The van der Waals surface area contributed by atoms with Crippen molar-refractivity contribution in [2.45, 2.75) is 5.75 Å². The number of aromatic carboxylic acids is 1. The fourth-order valence-electron chi connectivity index (χ4n) is 15.3. The molecule has 13 aromatic carbocycles. The number of nitrogens with one attached hydrogen (secondary N) is 1. The molecule has 0 bridgehead atoms. The first kappa shape index (κ1) is 115. The number of hydrogen-bond acceptors (Lipinski definition) is 28. The predicted octanol–water partition coefficient (Wildman–Crippen LogP) is 20.1. The van der Waals surface area contributed by atoms with Gasteiger partial charge in [-0.3, -0.25) is 62.0 Å². The number of aromatic nitrogens is 2. The number of hydrogen-bond donors (Lipinski definition) is 7. The van der Waals surface area contributed by atoms with Gasteiger partial charge in [-0.25, -0.2) is 14.3 Å². The SMILES string of the molecule is BrBr.Nc1c(Br)cc(Br)c2c1C(=O)c1ccccc1C2=O.Nc1cccc2c1C(=O)c1ccccc1C2=O.O=C(O)c1ccc(Nc2cc(Br)c3noc4c3c2C(=O)c2ccccc2-4)cc1.O=C1c2ccccc2-c2onc3c(Br)cc(Br)c1c23.O=C1c2ccccc2C(=O)c2c(CS(=O)OOO)c(Br)cc(Br)c21.O=N[O-].O=S(=O)(O)O.[N-]=[N+]=Nc1c(Br)cc(Br)c2c1C(=O)c1ccccc1C2=O.[N-]=[N+]=[N-].[Na+].[Na+]. The maximum absolute atomic E-state index is 13.3. The number of carbonyl (C=O) groups is 11. The van der Waals surface area contributed by atoms with Gasteiger partial charge in [0.15, 0.2) is 80.4 Å². The summed E-state index contributed by atoms with van der Waals surface area (Å²) in [6.45, 7) is 0.